The Bertz CT molecular complexity index is 448. The van der Waals surface area contributed by atoms with Gasteiger partial charge in [-0.2, -0.15) is 0 Å². The number of nitrogens with zero attached hydrogens (tertiary/aromatic N) is 1. The topological polar surface area (TPSA) is 78.7 Å². The summed E-state index contributed by atoms with van der Waals surface area (Å²) in [4.78, 5) is 20.9. The van der Waals surface area contributed by atoms with Gasteiger partial charge in [-0.1, -0.05) is 0 Å². The second kappa shape index (κ2) is 5.24. The Labute approximate surface area is 96.1 Å². The fraction of sp³-hybridized carbons (Fsp3) is 0.300. The van der Waals surface area contributed by atoms with Crippen LogP contribution in [0.15, 0.2) is 18.2 Å². The Morgan fingerprint density at radius 1 is 1.53 bits per heavy atom. The quantitative estimate of drug-likeness (QED) is 0.456. The third-order valence-electron chi connectivity index (χ3n) is 1.95. The van der Waals surface area contributed by atoms with Gasteiger partial charge in [-0.3, -0.25) is 10.1 Å². The Hall–Kier alpha value is -2.18. The Morgan fingerprint density at radius 3 is 2.71 bits per heavy atom. The molecule has 0 aliphatic carbocycles. The fourth-order valence-electron chi connectivity index (χ4n) is 1.14. The maximum Gasteiger partial charge on any atom is 0.346 e. The van der Waals surface area contributed by atoms with Gasteiger partial charge >= 0.3 is 11.7 Å². The van der Waals surface area contributed by atoms with Gasteiger partial charge < -0.3 is 9.47 Å². The van der Waals surface area contributed by atoms with Crippen LogP contribution >= 0.6 is 0 Å². The van der Waals surface area contributed by atoms with E-state index in [0.29, 0.717) is 0 Å². The van der Waals surface area contributed by atoms with E-state index >= 15 is 0 Å². The molecule has 0 amide bonds. The summed E-state index contributed by atoms with van der Waals surface area (Å²) in [7, 11) is 1.17. The maximum atomic E-state index is 12.8. The molecule has 0 spiro atoms. The number of methoxy groups -OCH3 is 1. The molecule has 7 heteroatoms. The predicted octanol–water partition coefficient (Wildman–Crippen LogP) is 1.67. The number of halogens is 1. The SMILES string of the molecule is COC(=O)[C@H](C)Oc1ccc(F)cc1[N+](=O)[O-]. The number of ether oxygens (including phenoxy) is 2. The lowest BCUT2D eigenvalue weighted by molar-refractivity contribution is -0.386. The van der Waals surface area contributed by atoms with E-state index < -0.39 is 28.5 Å². The molecule has 1 aromatic carbocycles. The normalized spacial score (nSPS) is 11.7. The van der Waals surface area contributed by atoms with Crippen molar-refractivity contribution in [2.24, 2.45) is 0 Å². The van der Waals surface area contributed by atoms with Crippen LogP contribution in [0.3, 0.4) is 0 Å². The van der Waals surface area contributed by atoms with E-state index in [0.717, 1.165) is 18.2 Å². The molecule has 6 nitrogen and oxygen atoms in total. The van der Waals surface area contributed by atoms with Crippen molar-refractivity contribution in [2.75, 3.05) is 7.11 Å². The summed E-state index contributed by atoms with van der Waals surface area (Å²) in [6.07, 6.45) is -1.01. The molecule has 0 unspecified atom stereocenters. The van der Waals surface area contributed by atoms with Crippen molar-refractivity contribution >= 4 is 11.7 Å². The summed E-state index contributed by atoms with van der Waals surface area (Å²) in [6.45, 7) is 1.37. The lowest BCUT2D eigenvalue weighted by Crippen LogP contribution is -2.25. The number of esters is 1. The summed E-state index contributed by atoms with van der Waals surface area (Å²) < 4.78 is 22.3. The van der Waals surface area contributed by atoms with Crippen LogP contribution in [-0.4, -0.2) is 24.1 Å². The van der Waals surface area contributed by atoms with Gasteiger partial charge in [0.15, 0.2) is 11.9 Å². The van der Waals surface area contributed by atoms with Gasteiger partial charge in [0.05, 0.1) is 18.1 Å². The van der Waals surface area contributed by atoms with Gasteiger partial charge in [0, 0.05) is 0 Å². The van der Waals surface area contributed by atoms with Crippen LogP contribution in [0.1, 0.15) is 6.92 Å². The van der Waals surface area contributed by atoms with Gasteiger partial charge in [0.2, 0.25) is 0 Å². The third-order valence-corrected chi connectivity index (χ3v) is 1.95. The van der Waals surface area contributed by atoms with Gasteiger partial charge in [-0.05, 0) is 19.1 Å². The molecule has 0 fully saturated rings. The van der Waals surface area contributed by atoms with Gasteiger partial charge in [0.25, 0.3) is 0 Å². The highest BCUT2D eigenvalue weighted by Crippen LogP contribution is 2.28. The van der Waals surface area contributed by atoms with Crippen LogP contribution in [0.2, 0.25) is 0 Å². The Balaban J connectivity index is 2.98. The molecule has 1 rings (SSSR count). The number of nitro benzene ring substituents is 1. The number of benzene rings is 1. The molecule has 17 heavy (non-hydrogen) atoms. The standard InChI is InChI=1S/C10H10FNO5/c1-6(10(13)16-2)17-9-4-3-7(11)5-8(9)12(14)15/h3-6H,1-2H3/t6-/m0/s1. The molecule has 0 bridgehead atoms. The van der Waals surface area contributed by atoms with E-state index in [9.17, 15) is 19.3 Å². The first-order valence-corrected chi connectivity index (χ1v) is 4.64. The molecule has 0 saturated carbocycles. The molecule has 1 atom stereocenters. The first-order chi connectivity index (χ1) is 7.95. The number of hydrogen-bond donors (Lipinski definition) is 0. The second-order valence-electron chi connectivity index (χ2n) is 3.15. The van der Waals surface area contributed by atoms with Crippen molar-refractivity contribution in [1.82, 2.24) is 0 Å². The van der Waals surface area contributed by atoms with Crippen molar-refractivity contribution in [3.63, 3.8) is 0 Å². The number of carbonyl (C=O) groups is 1. The maximum absolute atomic E-state index is 12.8. The molecule has 0 aliphatic heterocycles. The molecule has 0 aliphatic rings. The van der Waals surface area contributed by atoms with E-state index in [1.165, 1.54) is 14.0 Å². The minimum absolute atomic E-state index is 0.186. The smallest absolute Gasteiger partial charge is 0.346 e. The zero-order chi connectivity index (χ0) is 13.0. The summed E-state index contributed by atoms with van der Waals surface area (Å²) in [5, 5.41) is 10.6. The highest BCUT2D eigenvalue weighted by Gasteiger charge is 2.22. The first kappa shape index (κ1) is 12.9. The zero-order valence-corrected chi connectivity index (χ0v) is 9.18. The van der Waals surface area contributed by atoms with E-state index in [1.54, 1.807) is 0 Å². The van der Waals surface area contributed by atoms with Crippen LogP contribution < -0.4 is 4.74 Å². The molecule has 0 radical (unpaired) electrons. The highest BCUT2D eigenvalue weighted by molar-refractivity contribution is 5.74. The van der Waals surface area contributed by atoms with E-state index in [4.69, 9.17) is 4.74 Å². The molecule has 92 valence electrons. The minimum atomic E-state index is -1.01. The summed E-state index contributed by atoms with van der Waals surface area (Å²) >= 11 is 0. The molecule has 0 saturated heterocycles. The average molecular weight is 243 g/mol. The summed E-state index contributed by atoms with van der Waals surface area (Å²) in [6, 6.07) is 2.82. The predicted molar refractivity (Wildman–Crippen MR) is 55.2 cm³/mol. The lowest BCUT2D eigenvalue weighted by atomic mass is 10.3. The molecule has 0 heterocycles. The van der Waals surface area contributed by atoms with E-state index in [1.807, 2.05) is 0 Å². The van der Waals surface area contributed by atoms with Crippen LogP contribution in [0.25, 0.3) is 0 Å². The highest BCUT2D eigenvalue weighted by atomic mass is 19.1. The Kier molecular flexibility index (Phi) is 3.97. The number of carbonyl (C=O) groups excluding carboxylic acids is 1. The van der Waals surface area contributed by atoms with Gasteiger partial charge in [-0.25, -0.2) is 9.18 Å². The summed E-state index contributed by atoms with van der Waals surface area (Å²) in [5.41, 5.74) is -0.541. The van der Waals surface area contributed by atoms with Crippen LogP contribution in [0.4, 0.5) is 10.1 Å². The van der Waals surface area contributed by atoms with Gasteiger partial charge in [0.1, 0.15) is 5.82 Å². The molecule has 0 N–H and O–H groups in total. The average Bonchev–Trinajstić information content (AvgIpc) is 2.29. The van der Waals surface area contributed by atoms with E-state index in [-0.39, 0.29) is 5.75 Å². The monoisotopic (exact) mass is 243 g/mol. The van der Waals surface area contributed by atoms with E-state index in [2.05, 4.69) is 4.74 Å². The second-order valence-corrected chi connectivity index (χ2v) is 3.15. The number of hydrogen-bond acceptors (Lipinski definition) is 5. The van der Waals surface area contributed by atoms with Crippen molar-refractivity contribution in [3.05, 3.63) is 34.1 Å². The van der Waals surface area contributed by atoms with Crippen LogP contribution in [-0.2, 0) is 9.53 Å². The van der Waals surface area contributed by atoms with Crippen molar-refractivity contribution in [2.45, 2.75) is 13.0 Å². The lowest BCUT2D eigenvalue weighted by Gasteiger charge is -2.12. The zero-order valence-electron chi connectivity index (χ0n) is 9.18. The molecular weight excluding hydrogens is 233 g/mol. The van der Waals surface area contributed by atoms with Crippen LogP contribution in [0.5, 0.6) is 5.75 Å². The largest absolute Gasteiger partial charge is 0.472 e. The van der Waals surface area contributed by atoms with Crippen molar-refractivity contribution < 1.29 is 23.6 Å². The molecule has 0 aromatic heterocycles. The molecular formula is C10H10FNO5. The third kappa shape index (κ3) is 3.13. The summed E-state index contributed by atoms with van der Waals surface area (Å²) in [5.74, 6) is -1.62. The number of rotatable bonds is 4. The minimum Gasteiger partial charge on any atom is -0.472 e. The Morgan fingerprint density at radius 2 is 2.18 bits per heavy atom. The van der Waals surface area contributed by atoms with Crippen molar-refractivity contribution in [3.8, 4) is 5.75 Å². The van der Waals surface area contributed by atoms with Crippen molar-refractivity contribution in [1.29, 1.82) is 0 Å². The van der Waals surface area contributed by atoms with Gasteiger partial charge in [-0.15, -0.1) is 0 Å². The number of nitro groups is 1. The fourth-order valence-corrected chi connectivity index (χ4v) is 1.14. The van der Waals surface area contributed by atoms with Crippen LogP contribution in [0, 0.1) is 15.9 Å². The molecule has 1 aromatic rings. The first-order valence-electron chi connectivity index (χ1n) is 4.64.